The molecule has 9 heteroatoms. The van der Waals surface area contributed by atoms with Gasteiger partial charge in [-0.2, -0.15) is 0 Å². The van der Waals surface area contributed by atoms with Crippen LogP contribution in [-0.4, -0.2) is 49.5 Å². The van der Waals surface area contributed by atoms with Gasteiger partial charge in [0.25, 0.3) is 0 Å². The molecule has 0 aromatic heterocycles. The maximum absolute atomic E-state index is 14.3. The van der Waals surface area contributed by atoms with Crippen molar-refractivity contribution in [2.24, 2.45) is 0 Å². The first-order chi connectivity index (χ1) is 21.8. The van der Waals surface area contributed by atoms with Crippen molar-refractivity contribution in [3.05, 3.63) is 131 Å². The third-order valence-electron chi connectivity index (χ3n) is 7.30. The molecule has 0 fully saturated rings. The van der Waals surface area contributed by atoms with Crippen molar-refractivity contribution in [3.8, 4) is 5.75 Å². The van der Waals surface area contributed by atoms with Crippen LogP contribution in [-0.2, 0) is 39.2 Å². The lowest BCUT2D eigenvalue weighted by Gasteiger charge is -2.35. The van der Waals surface area contributed by atoms with Crippen LogP contribution in [0.5, 0.6) is 5.75 Å². The van der Waals surface area contributed by atoms with Crippen LogP contribution < -0.4 is 14.4 Å². The van der Waals surface area contributed by atoms with E-state index in [4.69, 9.17) is 4.74 Å². The summed E-state index contributed by atoms with van der Waals surface area (Å²) in [6.07, 6.45) is 1.32. The number of ether oxygens (including phenoxy) is 1. The molecule has 1 unspecified atom stereocenters. The van der Waals surface area contributed by atoms with Crippen molar-refractivity contribution in [2.75, 3.05) is 17.1 Å². The summed E-state index contributed by atoms with van der Waals surface area (Å²) in [6.45, 7) is 7.63. The van der Waals surface area contributed by atoms with Gasteiger partial charge in [0.05, 0.1) is 11.9 Å². The Morgan fingerprint density at radius 1 is 0.783 bits per heavy atom. The zero-order chi connectivity index (χ0) is 33.3. The Hall–Kier alpha value is -4.63. The Kier molecular flexibility index (Phi) is 11.2. The van der Waals surface area contributed by atoms with Gasteiger partial charge >= 0.3 is 0 Å². The van der Waals surface area contributed by atoms with Crippen molar-refractivity contribution in [1.82, 2.24) is 10.2 Å². The van der Waals surface area contributed by atoms with Crippen LogP contribution in [0.25, 0.3) is 0 Å². The number of nitrogens with one attached hydrogen (secondary N) is 1. The lowest BCUT2D eigenvalue weighted by atomic mass is 10.0. The molecule has 1 atom stereocenters. The fourth-order valence-electron chi connectivity index (χ4n) is 4.96. The van der Waals surface area contributed by atoms with Gasteiger partial charge in [-0.3, -0.25) is 13.9 Å². The average Bonchev–Trinajstić information content (AvgIpc) is 3.01. The Bertz CT molecular complexity index is 1690. The predicted octanol–water partition coefficient (Wildman–Crippen LogP) is 5.89. The molecule has 0 saturated carbocycles. The van der Waals surface area contributed by atoms with E-state index < -0.39 is 34.1 Å². The summed E-state index contributed by atoms with van der Waals surface area (Å²) in [5, 5.41) is 3.04. The third kappa shape index (κ3) is 10.2. The highest BCUT2D eigenvalue weighted by atomic mass is 32.2. The summed E-state index contributed by atoms with van der Waals surface area (Å²) < 4.78 is 33.2. The lowest BCUT2D eigenvalue weighted by molar-refractivity contribution is -0.140. The molecule has 0 heterocycles. The molecule has 1 N–H and O–H groups in total. The Balaban J connectivity index is 1.65. The largest absolute Gasteiger partial charge is 0.489 e. The van der Waals surface area contributed by atoms with Crippen LogP contribution in [0.3, 0.4) is 0 Å². The summed E-state index contributed by atoms with van der Waals surface area (Å²) in [5.41, 5.74) is 3.54. The van der Waals surface area contributed by atoms with Gasteiger partial charge in [-0.25, -0.2) is 8.42 Å². The van der Waals surface area contributed by atoms with Crippen molar-refractivity contribution in [2.45, 2.75) is 58.8 Å². The number of aryl methyl sites for hydroxylation is 1. The van der Waals surface area contributed by atoms with Crippen LogP contribution in [0.4, 0.5) is 5.69 Å². The van der Waals surface area contributed by atoms with Crippen LogP contribution in [0.2, 0.25) is 0 Å². The number of rotatable bonds is 13. The molecule has 0 aliphatic rings. The number of benzene rings is 4. The van der Waals surface area contributed by atoms with E-state index in [1.165, 1.54) is 4.90 Å². The molecule has 0 aliphatic carbocycles. The van der Waals surface area contributed by atoms with Crippen molar-refractivity contribution < 1.29 is 22.7 Å². The second-order valence-corrected chi connectivity index (χ2v) is 14.4. The standard InChI is InChI=1S/C37H43N3O5S/c1-28-16-18-30(19-17-28)25-39(34(36(42)38-37(2,3)4)24-29-12-8-6-9-13-29)35(41)26-40(46(5,43)44)32-20-22-33(23-21-32)45-27-31-14-10-7-11-15-31/h6-23,34H,24-27H2,1-5H3,(H,38,42). The first-order valence-electron chi connectivity index (χ1n) is 15.2. The lowest BCUT2D eigenvalue weighted by Crippen LogP contribution is -2.56. The smallest absolute Gasteiger partial charge is 0.244 e. The molecule has 8 nitrogen and oxygen atoms in total. The van der Waals surface area contributed by atoms with E-state index in [-0.39, 0.29) is 18.9 Å². The van der Waals surface area contributed by atoms with E-state index in [1.54, 1.807) is 24.3 Å². The first kappa shape index (κ1) is 34.2. The minimum atomic E-state index is -3.88. The third-order valence-corrected chi connectivity index (χ3v) is 8.44. The number of hydrogen-bond acceptors (Lipinski definition) is 5. The molecule has 2 amide bonds. The van der Waals surface area contributed by atoms with Gasteiger partial charge < -0.3 is 15.0 Å². The van der Waals surface area contributed by atoms with E-state index in [0.717, 1.165) is 32.8 Å². The molecule has 0 saturated heterocycles. The second-order valence-electron chi connectivity index (χ2n) is 12.5. The van der Waals surface area contributed by atoms with Gasteiger partial charge in [-0.1, -0.05) is 90.5 Å². The Morgan fingerprint density at radius 3 is 1.89 bits per heavy atom. The average molecular weight is 642 g/mol. The molecule has 0 aliphatic heterocycles. The van der Waals surface area contributed by atoms with E-state index in [1.807, 2.05) is 113 Å². The SMILES string of the molecule is Cc1ccc(CN(C(=O)CN(c2ccc(OCc3ccccc3)cc2)S(C)(=O)=O)C(Cc2ccccc2)C(=O)NC(C)(C)C)cc1. The fraction of sp³-hybridized carbons (Fsp3) is 0.297. The molecule has 0 bridgehead atoms. The van der Waals surface area contributed by atoms with Crippen molar-refractivity contribution in [3.63, 3.8) is 0 Å². The van der Waals surface area contributed by atoms with Crippen molar-refractivity contribution >= 4 is 27.5 Å². The van der Waals surface area contributed by atoms with Crippen LogP contribution in [0.15, 0.2) is 109 Å². The molecular weight excluding hydrogens is 598 g/mol. The van der Waals surface area contributed by atoms with E-state index in [9.17, 15) is 18.0 Å². The van der Waals surface area contributed by atoms with E-state index in [0.29, 0.717) is 18.0 Å². The van der Waals surface area contributed by atoms with Gasteiger partial charge in [-0.15, -0.1) is 0 Å². The number of anilines is 1. The summed E-state index contributed by atoms with van der Waals surface area (Å²) in [4.78, 5) is 29.6. The zero-order valence-electron chi connectivity index (χ0n) is 27.1. The van der Waals surface area contributed by atoms with E-state index >= 15 is 0 Å². The summed E-state index contributed by atoms with van der Waals surface area (Å²) in [6, 6.07) is 32.6. The highest BCUT2D eigenvalue weighted by Crippen LogP contribution is 2.24. The topological polar surface area (TPSA) is 96.0 Å². The van der Waals surface area contributed by atoms with Gasteiger partial charge in [0.2, 0.25) is 21.8 Å². The van der Waals surface area contributed by atoms with Gasteiger partial charge in [0.1, 0.15) is 24.9 Å². The number of carbonyl (C=O) groups excluding carboxylic acids is 2. The minimum absolute atomic E-state index is 0.123. The maximum atomic E-state index is 14.3. The highest BCUT2D eigenvalue weighted by Gasteiger charge is 2.34. The molecule has 242 valence electrons. The second kappa shape index (κ2) is 15.1. The summed E-state index contributed by atoms with van der Waals surface area (Å²) in [7, 11) is -3.88. The summed E-state index contributed by atoms with van der Waals surface area (Å²) in [5.74, 6) is -0.252. The molecule has 4 rings (SSSR count). The Labute approximate surface area is 273 Å². The fourth-order valence-corrected chi connectivity index (χ4v) is 5.81. The normalized spacial score (nSPS) is 12.2. The van der Waals surface area contributed by atoms with Crippen LogP contribution >= 0.6 is 0 Å². The highest BCUT2D eigenvalue weighted by molar-refractivity contribution is 7.92. The molecule has 0 spiro atoms. The summed E-state index contributed by atoms with van der Waals surface area (Å²) >= 11 is 0. The van der Waals surface area contributed by atoms with Crippen molar-refractivity contribution in [1.29, 1.82) is 0 Å². The molecule has 46 heavy (non-hydrogen) atoms. The zero-order valence-corrected chi connectivity index (χ0v) is 28.0. The van der Waals surface area contributed by atoms with Gasteiger partial charge in [0, 0.05) is 18.5 Å². The quantitative estimate of drug-likeness (QED) is 0.196. The number of sulfonamides is 1. The Morgan fingerprint density at radius 2 is 1.35 bits per heavy atom. The number of nitrogens with zero attached hydrogens (tertiary/aromatic N) is 2. The molecule has 0 radical (unpaired) electrons. The van der Waals surface area contributed by atoms with Gasteiger partial charge in [-0.05, 0) is 68.7 Å². The molecule has 4 aromatic rings. The molecular formula is C37H43N3O5S. The number of amides is 2. The van der Waals surface area contributed by atoms with Crippen LogP contribution in [0, 0.1) is 6.92 Å². The minimum Gasteiger partial charge on any atom is -0.489 e. The molecule has 4 aromatic carbocycles. The van der Waals surface area contributed by atoms with Gasteiger partial charge in [0.15, 0.2) is 0 Å². The van der Waals surface area contributed by atoms with E-state index in [2.05, 4.69) is 5.32 Å². The predicted molar refractivity (Wildman–Crippen MR) is 183 cm³/mol. The van der Waals surface area contributed by atoms with Crippen LogP contribution in [0.1, 0.15) is 43.0 Å². The number of carbonyl (C=O) groups is 2. The monoisotopic (exact) mass is 641 g/mol. The maximum Gasteiger partial charge on any atom is 0.244 e. The number of hydrogen-bond donors (Lipinski definition) is 1. The first-order valence-corrected chi connectivity index (χ1v) is 17.1.